The average Bonchev–Trinajstić information content (AvgIpc) is 3.13. The Hall–Kier alpha value is -3.65. The number of para-hydroxylation sites is 2. The third-order valence-electron chi connectivity index (χ3n) is 5.04. The second-order valence-electron chi connectivity index (χ2n) is 6.64. The number of H-pyrrole nitrogens is 1. The van der Waals surface area contributed by atoms with Crippen molar-refractivity contribution in [2.24, 2.45) is 0 Å². The van der Waals surface area contributed by atoms with Gasteiger partial charge in [-0.25, -0.2) is 0 Å². The van der Waals surface area contributed by atoms with Crippen LogP contribution in [0, 0.1) is 0 Å². The molecule has 0 amide bonds. The first kappa shape index (κ1) is 15.6. The molecule has 1 aromatic heterocycles. The molecule has 128 valence electrons. The van der Waals surface area contributed by atoms with Crippen molar-refractivity contribution in [3.8, 4) is 11.1 Å². The molecule has 0 bridgehead atoms. The largest absolute Gasteiger partial charge is 0.354 e. The van der Waals surface area contributed by atoms with Gasteiger partial charge in [0.05, 0.1) is 5.52 Å². The maximum Gasteiger partial charge on any atom is 0.193 e. The molecule has 2 heteroatoms. The highest BCUT2D eigenvalue weighted by molar-refractivity contribution is 6.16. The number of rotatable bonds is 3. The van der Waals surface area contributed by atoms with Crippen LogP contribution in [0.2, 0.25) is 0 Å². The molecule has 0 spiro atoms. The van der Waals surface area contributed by atoms with Crippen molar-refractivity contribution in [1.29, 1.82) is 0 Å². The summed E-state index contributed by atoms with van der Waals surface area (Å²) >= 11 is 0. The minimum absolute atomic E-state index is 0.0410. The molecule has 0 aliphatic rings. The Labute approximate surface area is 157 Å². The van der Waals surface area contributed by atoms with Gasteiger partial charge in [-0.2, -0.15) is 0 Å². The minimum Gasteiger partial charge on any atom is -0.354 e. The molecule has 0 aliphatic heterocycles. The van der Waals surface area contributed by atoms with Crippen molar-refractivity contribution < 1.29 is 4.79 Å². The number of carbonyl (C=O) groups excluding carboxylic acids is 1. The fourth-order valence-corrected chi connectivity index (χ4v) is 3.76. The van der Waals surface area contributed by atoms with E-state index in [0.717, 1.165) is 27.7 Å². The second-order valence-corrected chi connectivity index (χ2v) is 6.64. The molecule has 1 N–H and O–H groups in total. The third kappa shape index (κ3) is 2.54. The third-order valence-corrected chi connectivity index (χ3v) is 5.04. The molecule has 0 atom stereocenters. The van der Waals surface area contributed by atoms with Gasteiger partial charge >= 0.3 is 0 Å². The highest BCUT2D eigenvalue weighted by atomic mass is 16.1. The van der Waals surface area contributed by atoms with Crippen molar-refractivity contribution in [3.63, 3.8) is 0 Å². The Morgan fingerprint density at radius 1 is 0.593 bits per heavy atom. The maximum absolute atomic E-state index is 13.1. The van der Waals surface area contributed by atoms with Crippen LogP contribution in [0.15, 0.2) is 97.1 Å². The van der Waals surface area contributed by atoms with Gasteiger partial charge < -0.3 is 4.98 Å². The summed E-state index contributed by atoms with van der Waals surface area (Å²) in [5.41, 5.74) is 5.58. The first-order valence-electron chi connectivity index (χ1n) is 9.01. The highest BCUT2D eigenvalue weighted by Crippen LogP contribution is 2.35. The Balaban J connectivity index is 1.76. The summed E-state index contributed by atoms with van der Waals surface area (Å²) in [6.45, 7) is 0. The molecule has 0 saturated carbocycles. The molecular formula is C25H17NO. The summed E-state index contributed by atoms with van der Waals surface area (Å²) in [7, 11) is 0. The topological polar surface area (TPSA) is 32.9 Å². The van der Waals surface area contributed by atoms with Crippen LogP contribution in [0.4, 0.5) is 0 Å². The second kappa shape index (κ2) is 6.26. The lowest BCUT2D eigenvalue weighted by molar-refractivity contribution is 0.103. The van der Waals surface area contributed by atoms with Gasteiger partial charge in [-0.3, -0.25) is 4.79 Å². The van der Waals surface area contributed by atoms with E-state index >= 15 is 0 Å². The number of ketones is 1. The van der Waals surface area contributed by atoms with Crippen LogP contribution in [0.3, 0.4) is 0 Å². The lowest BCUT2D eigenvalue weighted by atomic mass is 9.93. The van der Waals surface area contributed by atoms with E-state index in [0.29, 0.717) is 5.56 Å². The van der Waals surface area contributed by atoms with Crippen LogP contribution in [-0.4, -0.2) is 10.8 Å². The van der Waals surface area contributed by atoms with Gasteiger partial charge in [-0.1, -0.05) is 91.0 Å². The van der Waals surface area contributed by atoms with Crippen LogP contribution in [0.5, 0.6) is 0 Å². The van der Waals surface area contributed by atoms with E-state index in [4.69, 9.17) is 0 Å². The van der Waals surface area contributed by atoms with Gasteiger partial charge in [-0.05, 0) is 11.6 Å². The summed E-state index contributed by atoms with van der Waals surface area (Å²) in [6.07, 6.45) is 0. The van der Waals surface area contributed by atoms with Gasteiger partial charge in [-0.15, -0.1) is 0 Å². The molecule has 1 heterocycles. The number of nitrogens with one attached hydrogen (secondary N) is 1. The number of fused-ring (bicyclic) bond motifs is 3. The summed E-state index contributed by atoms with van der Waals surface area (Å²) < 4.78 is 0. The van der Waals surface area contributed by atoms with Gasteiger partial charge in [0, 0.05) is 33.0 Å². The van der Waals surface area contributed by atoms with E-state index in [1.54, 1.807) is 0 Å². The lowest BCUT2D eigenvalue weighted by Gasteiger charge is -2.10. The summed E-state index contributed by atoms with van der Waals surface area (Å²) in [4.78, 5) is 16.7. The zero-order valence-electron chi connectivity index (χ0n) is 14.6. The molecule has 0 fully saturated rings. The number of hydrogen-bond acceptors (Lipinski definition) is 1. The van der Waals surface area contributed by atoms with Crippen molar-refractivity contribution >= 4 is 27.6 Å². The van der Waals surface area contributed by atoms with Gasteiger partial charge in [0.2, 0.25) is 0 Å². The fraction of sp³-hybridized carbons (Fsp3) is 0. The Morgan fingerprint density at radius 3 is 2.15 bits per heavy atom. The first-order chi connectivity index (χ1) is 13.3. The van der Waals surface area contributed by atoms with Crippen molar-refractivity contribution in [2.45, 2.75) is 0 Å². The van der Waals surface area contributed by atoms with Crippen molar-refractivity contribution in [3.05, 3.63) is 108 Å². The monoisotopic (exact) mass is 347 g/mol. The summed E-state index contributed by atoms with van der Waals surface area (Å²) in [5.74, 6) is 0.0410. The molecule has 0 radical (unpaired) electrons. The van der Waals surface area contributed by atoms with Crippen LogP contribution < -0.4 is 0 Å². The van der Waals surface area contributed by atoms with Crippen molar-refractivity contribution in [1.82, 2.24) is 4.98 Å². The van der Waals surface area contributed by atoms with Crippen LogP contribution >= 0.6 is 0 Å². The van der Waals surface area contributed by atoms with E-state index in [1.807, 2.05) is 60.7 Å². The Kier molecular flexibility index (Phi) is 3.61. The summed E-state index contributed by atoms with van der Waals surface area (Å²) in [5, 5.41) is 2.37. The number of hydrogen-bond donors (Lipinski definition) is 1. The Morgan fingerprint density at radius 2 is 1.26 bits per heavy atom. The first-order valence-corrected chi connectivity index (χ1v) is 9.01. The van der Waals surface area contributed by atoms with Crippen LogP contribution in [0.1, 0.15) is 15.9 Å². The molecule has 0 unspecified atom stereocenters. The predicted molar refractivity (Wildman–Crippen MR) is 111 cm³/mol. The molecule has 0 saturated heterocycles. The van der Waals surface area contributed by atoms with Crippen molar-refractivity contribution in [2.75, 3.05) is 0 Å². The normalized spacial score (nSPS) is 11.1. The molecule has 2 nitrogen and oxygen atoms in total. The summed E-state index contributed by atoms with van der Waals surface area (Å²) in [6, 6.07) is 31.8. The van der Waals surface area contributed by atoms with Crippen LogP contribution in [0.25, 0.3) is 32.9 Å². The standard InChI is InChI=1S/C25H17NO/c27-25(17-9-2-1-3-10-17)22-13-5-4-11-18(22)20-14-8-15-21-19-12-6-7-16-23(19)26-24(20)21/h1-16,26H. The number of aromatic nitrogens is 1. The molecule has 27 heavy (non-hydrogen) atoms. The smallest absolute Gasteiger partial charge is 0.193 e. The molecule has 0 aliphatic carbocycles. The predicted octanol–water partition coefficient (Wildman–Crippen LogP) is 6.22. The van der Waals surface area contributed by atoms with Crippen LogP contribution in [-0.2, 0) is 0 Å². The van der Waals surface area contributed by atoms with Gasteiger partial charge in [0.15, 0.2) is 5.78 Å². The highest BCUT2D eigenvalue weighted by Gasteiger charge is 2.17. The molecule has 5 rings (SSSR count). The molecule has 4 aromatic carbocycles. The fourth-order valence-electron chi connectivity index (χ4n) is 3.76. The van der Waals surface area contributed by atoms with Gasteiger partial charge in [0.1, 0.15) is 0 Å². The van der Waals surface area contributed by atoms with E-state index in [9.17, 15) is 4.79 Å². The molecular weight excluding hydrogens is 330 g/mol. The quantitative estimate of drug-likeness (QED) is 0.386. The SMILES string of the molecule is O=C(c1ccccc1)c1ccccc1-c1cccc2c1[nH]c1ccccc12. The van der Waals surface area contributed by atoms with E-state index < -0.39 is 0 Å². The number of aromatic amines is 1. The zero-order valence-corrected chi connectivity index (χ0v) is 14.6. The van der Waals surface area contributed by atoms with Gasteiger partial charge in [0.25, 0.3) is 0 Å². The number of carbonyl (C=O) groups is 1. The lowest BCUT2D eigenvalue weighted by Crippen LogP contribution is -2.03. The van der Waals surface area contributed by atoms with E-state index in [2.05, 4.69) is 41.4 Å². The maximum atomic E-state index is 13.1. The number of benzene rings is 4. The molecule has 5 aromatic rings. The Bertz CT molecular complexity index is 1280. The van der Waals surface area contributed by atoms with E-state index in [1.165, 1.54) is 10.8 Å². The van der Waals surface area contributed by atoms with E-state index in [-0.39, 0.29) is 5.78 Å². The zero-order chi connectivity index (χ0) is 18.2. The minimum atomic E-state index is 0.0410. The average molecular weight is 347 g/mol.